The zero-order valence-electron chi connectivity index (χ0n) is 13.7. The summed E-state index contributed by atoms with van der Waals surface area (Å²) in [6.07, 6.45) is 7.96. The summed E-state index contributed by atoms with van der Waals surface area (Å²) in [6, 6.07) is 3.51. The molecular formula is C17H21N3O4. The molecule has 128 valence electrons. The third-order valence-corrected chi connectivity index (χ3v) is 4.63. The standard InChI is InChI=1S/C17H21N3O4/c1-19(12-6-3-2-4-7-12)15(21)14-10-18-17(23)20(16(14)22)11-13-8-5-9-24-13/h5,8-10,12H,2-4,6-7,11H2,1H3,(H,18,23). The minimum absolute atomic E-state index is 0.00453. The van der Waals surface area contributed by atoms with Crippen LogP contribution in [0.15, 0.2) is 38.6 Å². The summed E-state index contributed by atoms with van der Waals surface area (Å²) in [5.74, 6) is 0.129. The summed E-state index contributed by atoms with van der Waals surface area (Å²) in [5.41, 5.74) is -1.18. The van der Waals surface area contributed by atoms with Crippen molar-refractivity contribution in [1.82, 2.24) is 14.5 Å². The Bertz CT molecular complexity index is 813. The maximum atomic E-state index is 12.7. The quantitative estimate of drug-likeness (QED) is 0.921. The summed E-state index contributed by atoms with van der Waals surface area (Å²) in [6.45, 7) is -0.00453. The number of nitrogens with one attached hydrogen (secondary N) is 1. The SMILES string of the molecule is CN(C(=O)c1c[nH]c(=O)n(Cc2ccco2)c1=O)C1CCCCC1. The van der Waals surface area contributed by atoms with Gasteiger partial charge in [-0.3, -0.25) is 14.2 Å². The first kappa shape index (κ1) is 16.3. The van der Waals surface area contributed by atoms with E-state index in [1.54, 1.807) is 24.1 Å². The molecule has 1 aliphatic rings. The predicted molar refractivity (Wildman–Crippen MR) is 88.1 cm³/mol. The molecule has 2 aromatic rings. The molecule has 3 rings (SSSR count). The van der Waals surface area contributed by atoms with Gasteiger partial charge >= 0.3 is 5.69 Å². The average Bonchev–Trinajstić information content (AvgIpc) is 3.11. The summed E-state index contributed by atoms with van der Waals surface area (Å²) in [5, 5.41) is 0. The maximum absolute atomic E-state index is 12.7. The van der Waals surface area contributed by atoms with E-state index in [2.05, 4.69) is 4.98 Å². The van der Waals surface area contributed by atoms with E-state index in [1.165, 1.54) is 18.9 Å². The largest absolute Gasteiger partial charge is 0.467 e. The summed E-state index contributed by atoms with van der Waals surface area (Å²) in [4.78, 5) is 41.4. The molecule has 0 saturated heterocycles. The van der Waals surface area contributed by atoms with E-state index in [1.807, 2.05) is 0 Å². The van der Waals surface area contributed by atoms with Crippen LogP contribution in [0.25, 0.3) is 0 Å². The third-order valence-electron chi connectivity index (χ3n) is 4.63. The Morgan fingerprint density at radius 3 is 2.75 bits per heavy atom. The topological polar surface area (TPSA) is 88.3 Å². The van der Waals surface area contributed by atoms with Crippen LogP contribution in [0.3, 0.4) is 0 Å². The van der Waals surface area contributed by atoms with E-state index < -0.39 is 11.2 Å². The highest BCUT2D eigenvalue weighted by Crippen LogP contribution is 2.22. The molecule has 1 fully saturated rings. The molecule has 0 aliphatic heterocycles. The molecular weight excluding hydrogens is 310 g/mol. The van der Waals surface area contributed by atoms with E-state index in [0.29, 0.717) is 5.76 Å². The highest BCUT2D eigenvalue weighted by Gasteiger charge is 2.25. The van der Waals surface area contributed by atoms with Crippen LogP contribution in [0, 0.1) is 0 Å². The molecule has 1 N–H and O–H groups in total. The Hall–Kier alpha value is -2.57. The van der Waals surface area contributed by atoms with E-state index in [9.17, 15) is 14.4 Å². The molecule has 0 radical (unpaired) electrons. The second-order valence-corrected chi connectivity index (χ2v) is 6.19. The number of hydrogen-bond acceptors (Lipinski definition) is 4. The first-order valence-corrected chi connectivity index (χ1v) is 8.20. The van der Waals surface area contributed by atoms with Crippen LogP contribution in [-0.4, -0.2) is 33.4 Å². The molecule has 0 spiro atoms. The predicted octanol–water partition coefficient (Wildman–Crippen LogP) is 1.58. The molecule has 0 bridgehead atoms. The molecule has 0 atom stereocenters. The number of aromatic amines is 1. The lowest BCUT2D eigenvalue weighted by molar-refractivity contribution is 0.0693. The molecule has 1 saturated carbocycles. The van der Waals surface area contributed by atoms with Crippen molar-refractivity contribution in [2.24, 2.45) is 0 Å². The normalized spacial score (nSPS) is 15.4. The first-order chi connectivity index (χ1) is 11.6. The molecule has 7 nitrogen and oxygen atoms in total. The molecule has 0 aromatic carbocycles. The van der Waals surface area contributed by atoms with Crippen molar-refractivity contribution < 1.29 is 9.21 Å². The van der Waals surface area contributed by atoms with Crippen LogP contribution in [0.1, 0.15) is 48.2 Å². The number of hydrogen-bond donors (Lipinski definition) is 1. The van der Waals surface area contributed by atoms with Gasteiger partial charge in [0.1, 0.15) is 11.3 Å². The van der Waals surface area contributed by atoms with E-state index in [-0.39, 0.29) is 24.1 Å². The second kappa shape index (κ2) is 6.90. The lowest BCUT2D eigenvalue weighted by Crippen LogP contribution is -2.44. The number of carbonyl (C=O) groups excluding carboxylic acids is 1. The van der Waals surface area contributed by atoms with Crippen molar-refractivity contribution in [2.75, 3.05) is 7.05 Å². The number of amides is 1. The summed E-state index contributed by atoms with van der Waals surface area (Å²) in [7, 11) is 1.72. The molecule has 7 heteroatoms. The Morgan fingerprint density at radius 1 is 1.33 bits per heavy atom. The smallest absolute Gasteiger partial charge is 0.328 e. The van der Waals surface area contributed by atoms with E-state index in [4.69, 9.17) is 4.42 Å². The Labute approximate surface area is 138 Å². The number of nitrogens with zero attached hydrogens (tertiary/aromatic N) is 2. The van der Waals surface area contributed by atoms with Gasteiger partial charge in [-0.15, -0.1) is 0 Å². The van der Waals surface area contributed by atoms with Gasteiger partial charge in [-0.05, 0) is 25.0 Å². The van der Waals surface area contributed by atoms with Gasteiger partial charge in [0.15, 0.2) is 0 Å². The van der Waals surface area contributed by atoms with Crippen LogP contribution in [0.5, 0.6) is 0 Å². The van der Waals surface area contributed by atoms with Crippen LogP contribution in [0.4, 0.5) is 0 Å². The molecule has 2 heterocycles. The first-order valence-electron chi connectivity index (χ1n) is 8.20. The van der Waals surface area contributed by atoms with Crippen molar-refractivity contribution >= 4 is 5.91 Å². The van der Waals surface area contributed by atoms with Crippen LogP contribution >= 0.6 is 0 Å². The third kappa shape index (κ3) is 3.20. The zero-order chi connectivity index (χ0) is 17.1. The Kier molecular flexibility index (Phi) is 4.69. The number of rotatable bonds is 4. The van der Waals surface area contributed by atoms with Gasteiger partial charge in [-0.1, -0.05) is 19.3 Å². The van der Waals surface area contributed by atoms with Crippen molar-refractivity contribution in [3.05, 3.63) is 56.8 Å². The minimum Gasteiger partial charge on any atom is -0.467 e. The highest BCUT2D eigenvalue weighted by molar-refractivity contribution is 5.93. The van der Waals surface area contributed by atoms with Crippen LogP contribution in [0.2, 0.25) is 0 Å². The van der Waals surface area contributed by atoms with E-state index in [0.717, 1.165) is 30.3 Å². The molecule has 0 unspecified atom stereocenters. The van der Waals surface area contributed by atoms with Gasteiger partial charge in [-0.2, -0.15) is 0 Å². The number of H-pyrrole nitrogens is 1. The lowest BCUT2D eigenvalue weighted by Gasteiger charge is -2.31. The summed E-state index contributed by atoms with van der Waals surface area (Å²) >= 11 is 0. The average molecular weight is 331 g/mol. The fourth-order valence-electron chi connectivity index (χ4n) is 3.19. The van der Waals surface area contributed by atoms with Crippen molar-refractivity contribution in [3.63, 3.8) is 0 Å². The van der Waals surface area contributed by atoms with Gasteiger partial charge in [0.05, 0.1) is 12.8 Å². The molecule has 24 heavy (non-hydrogen) atoms. The molecule has 2 aromatic heterocycles. The number of aromatic nitrogens is 2. The van der Waals surface area contributed by atoms with Gasteiger partial charge in [0.2, 0.25) is 0 Å². The Balaban J connectivity index is 1.89. The lowest BCUT2D eigenvalue weighted by atomic mass is 9.94. The molecule has 1 aliphatic carbocycles. The summed E-state index contributed by atoms with van der Waals surface area (Å²) < 4.78 is 6.17. The Morgan fingerprint density at radius 2 is 2.08 bits per heavy atom. The van der Waals surface area contributed by atoms with Crippen molar-refractivity contribution in [3.8, 4) is 0 Å². The second-order valence-electron chi connectivity index (χ2n) is 6.19. The van der Waals surface area contributed by atoms with E-state index >= 15 is 0 Å². The van der Waals surface area contributed by atoms with Gasteiger partial charge in [0, 0.05) is 19.3 Å². The highest BCUT2D eigenvalue weighted by atomic mass is 16.3. The van der Waals surface area contributed by atoms with Gasteiger partial charge in [-0.25, -0.2) is 4.79 Å². The van der Waals surface area contributed by atoms with Gasteiger partial charge in [0.25, 0.3) is 11.5 Å². The van der Waals surface area contributed by atoms with Crippen LogP contribution < -0.4 is 11.2 Å². The van der Waals surface area contributed by atoms with Crippen molar-refractivity contribution in [2.45, 2.75) is 44.7 Å². The van der Waals surface area contributed by atoms with Crippen LogP contribution in [-0.2, 0) is 6.54 Å². The monoisotopic (exact) mass is 331 g/mol. The maximum Gasteiger partial charge on any atom is 0.328 e. The molecule has 1 amide bonds. The minimum atomic E-state index is -0.595. The zero-order valence-corrected chi connectivity index (χ0v) is 13.7. The fourth-order valence-corrected chi connectivity index (χ4v) is 3.19. The van der Waals surface area contributed by atoms with Crippen molar-refractivity contribution in [1.29, 1.82) is 0 Å². The number of furan rings is 1. The van der Waals surface area contributed by atoms with Gasteiger partial charge < -0.3 is 14.3 Å². The fraction of sp³-hybridized carbons (Fsp3) is 0.471. The number of carbonyl (C=O) groups is 1.